The van der Waals surface area contributed by atoms with Crippen molar-refractivity contribution in [3.63, 3.8) is 0 Å². The number of hydrogen-bond acceptors (Lipinski definition) is 15. The van der Waals surface area contributed by atoms with Gasteiger partial charge in [0.1, 0.15) is 22.8 Å². The minimum Gasteiger partial charge on any atom is -0.543 e. The number of anilines is 1. The number of amidine groups is 1. The van der Waals surface area contributed by atoms with Crippen LogP contribution in [0.25, 0.3) is 10.9 Å². The number of fused-ring (bicyclic) bond motifs is 2. The molecular formula is C31H30N10O8S2. The fourth-order valence-corrected chi connectivity index (χ4v) is 7.57. The van der Waals surface area contributed by atoms with Crippen LogP contribution in [0.1, 0.15) is 31.0 Å². The number of carboxylic acid groups (broad SMARTS) is 2. The zero-order valence-electron chi connectivity index (χ0n) is 27.1. The van der Waals surface area contributed by atoms with Crippen molar-refractivity contribution < 1.29 is 43.3 Å². The fourth-order valence-electron chi connectivity index (χ4n) is 5.69. The van der Waals surface area contributed by atoms with E-state index in [-0.39, 0.29) is 28.8 Å². The highest BCUT2D eigenvalue weighted by molar-refractivity contribution is 8.00. The summed E-state index contributed by atoms with van der Waals surface area (Å²) in [5.74, 6) is -2.78. The van der Waals surface area contributed by atoms with Gasteiger partial charge in [-0.1, -0.05) is 10.3 Å². The third-order valence-corrected chi connectivity index (χ3v) is 10.3. The molecule has 4 aromatic heterocycles. The number of amides is 2. The zero-order chi connectivity index (χ0) is 36.0. The Morgan fingerprint density at radius 1 is 1.33 bits per heavy atom. The Kier molecular flexibility index (Phi) is 8.71. The number of nitrogen functional groups attached to an aromatic ring is 1. The van der Waals surface area contributed by atoms with Crippen LogP contribution in [0.5, 0.6) is 0 Å². The number of aromatic nitrogens is 4. The zero-order valence-corrected chi connectivity index (χ0v) is 28.7. The standard InChI is InChI=1S/C31H30N10O8S2/c1-31(2,29(46)47)49-38-21(19-14-51-30(32)35-19)25(42)36-22-26(43)41-23(28(44)45)16(13-50-27(22)41)11-39-7-4-20-15(10-39)3-8-40(20)12-17-9-18(37-48-17)24-33-5-6-34-24/h3-4,7-10,14,22,27H,5-6,11-13H2,1-2H3,(H5-,32,33,34,35,36,42,44,45,46,47)/b38-21-/t22-,27-/m1/s1. The molecule has 7 rings (SSSR count). The lowest BCUT2D eigenvalue weighted by Gasteiger charge is -2.50. The van der Waals surface area contributed by atoms with Crippen molar-refractivity contribution in [3.05, 3.63) is 70.6 Å². The molecule has 20 heteroatoms. The van der Waals surface area contributed by atoms with Crippen LogP contribution < -0.4 is 26.0 Å². The van der Waals surface area contributed by atoms with Crippen LogP contribution in [-0.2, 0) is 37.1 Å². The first kappa shape index (κ1) is 33.7. The van der Waals surface area contributed by atoms with E-state index in [2.05, 4.69) is 30.9 Å². The fraction of sp³-hybridized carbons (Fsp3) is 0.323. The van der Waals surface area contributed by atoms with Gasteiger partial charge in [0.25, 0.3) is 11.8 Å². The van der Waals surface area contributed by atoms with Crippen LogP contribution >= 0.6 is 23.1 Å². The second-order valence-electron chi connectivity index (χ2n) is 12.3. The molecular weight excluding hydrogens is 705 g/mol. The van der Waals surface area contributed by atoms with Crippen molar-refractivity contribution in [2.75, 3.05) is 24.6 Å². The second-order valence-corrected chi connectivity index (χ2v) is 14.2. The highest BCUT2D eigenvalue weighted by atomic mass is 32.2. The molecule has 1 fully saturated rings. The predicted octanol–water partition coefficient (Wildman–Crippen LogP) is -0.958. The van der Waals surface area contributed by atoms with E-state index in [1.54, 1.807) is 0 Å². The molecule has 5 N–H and O–H groups in total. The van der Waals surface area contributed by atoms with E-state index in [4.69, 9.17) is 15.1 Å². The van der Waals surface area contributed by atoms with E-state index in [9.17, 15) is 29.4 Å². The van der Waals surface area contributed by atoms with Crippen LogP contribution in [0.2, 0.25) is 0 Å². The highest BCUT2D eigenvalue weighted by Crippen LogP contribution is 2.40. The van der Waals surface area contributed by atoms with Gasteiger partial charge in [0.2, 0.25) is 5.60 Å². The monoisotopic (exact) mass is 734 g/mol. The largest absolute Gasteiger partial charge is 0.543 e. The molecule has 18 nitrogen and oxygen atoms in total. The third kappa shape index (κ3) is 6.50. The Hall–Kier alpha value is -5.76. The summed E-state index contributed by atoms with van der Waals surface area (Å²) in [5, 5.41) is 37.1. The number of aliphatic carboxylic acids is 2. The molecule has 2 atom stereocenters. The van der Waals surface area contributed by atoms with Crippen molar-refractivity contribution in [3.8, 4) is 0 Å². The predicted molar refractivity (Wildman–Crippen MR) is 180 cm³/mol. The van der Waals surface area contributed by atoms with Crippen LogP contribution in [-0.4, -0.2) is 95.9 Å². The first-order valence-corrected chi connectivity index (χ1v) is 17.4. The van der Waals surface area contributed by atoms with E-state index in [1.165, 1.54) is 31.0 Å². The summed E-state index contributed by atoms with van der Waals surface area (Å²) in [6, 6.07) is 4.58. The lowest BCUT2D eigenvalue weighted by Crippen LogP contribution is -2.71. The molecule has 0 radical (unpaired) electrons. The third-order valence-electron chi connectivity index (χ3n) is 8.33. The van der Waals surface area contributed by atoms with E-state index in [0.29, 0.717) is 36.0 Å². The second kappa shape index (κ2) is 13.2. The molecule has 3 aliphatic rings. The summed E-state index contributed by atoms with van der Waals surface area (Å²) in [5.41, 5.74) is 5.33. The lowest BCUT2D eigenvalue weighted by atomic mass is 10.0. The number of carboxylic acids is 2. The maximum atomic E-state index is 13.4. The van der Waals surface area contributed by atoms with Crippen LogP contribution in [0, 0.1) is 0 Å². The van der Waals surface area contributed by atoms with Gasteiger partial charge >= 0.3 is 5.97 Å². The summed E-state index contributed by atoms with van der Waals surface area (Å²) in [7, 11) is 0. The Balaban J connectivity index is 1.06. The molecule has 2 amide bonds. The van der Waals surface area contributed by atoms with Gasteiger partial charge in [-0.2, -0.15) is 0 Å². The molecule has 0 unspecified atom stereocenters. The first-order chi connectivity index (χ1) is 24.4. The van der Waals surface area contributed by atoms with Crippen molar-refractivity contribution in [1.29, 1.82) is 0 Å². The van der Waals surface area contributed by atoms with Crippen molar-refractivity contribution in [2.45, 2.75) is 44.0 Å². The molecule has 0 aliphatic carbocycles. The number of thiazole rings is 1. The normalized spacial score (nSPS) is 19.0. The molecule has 0 bridgehead atoms. The van der Waals surface area contributed by atoms with Crippen LogP contribution in [0.3, 0.4) is 0 Å². The average Bonchev–Trinajstić information content (AvgIpc) is 3.92. The van der Waals surface area contributed by atoms with Gasteiger partial charge in [-0.25, -0.2) is 14.3 Å². The van der Waals surface area contributed by atoms with E-state index in [1.807, 2.05) is 45.9 Å². The number of nitrogens with one attached hydrogen (secondary N) is 2. The molecule has 0 aromatic carbocycles. The van der Waals surface area contributed by atoms with Gasteiger partial charge in [-0.3, -0.25) is 19.5 Å². The van der Waals surface area contributed by atoms with Gasteiger partial charge in [0, 0.05) is 41.6 Å². The Morgan fingerprint density at radius 2 is 2.16 bits per heavy atom. The number of nitrogens with two attached hydrogens (primary N) is 1. The van der Waals surface area contributed by atoms with Crippen LogP contribution in [0.4, 0.5) is 5.13 Å². The Bertz CT molecular complexity index is 2180. The van der Waals surface area contributed by atoms with Crippen molar-refractivity contribution in [2.24, 2.45) is 10.1 Å². The Morgan fingerprint density at radius 3 is 2.86 bits per heavy atom. The highest BCUT2D eigenvalue weighted by Gasteiger charge is 2.53. The van der Waals surface area contributed by atoms with Gasteiger partial charge in [0.15, 0.2) is 41.4 Å². The first-order valence-electron chi connectivity index (χ1n) is 15.5. The van der Waals surface area contributed by atoms with Gasteiger partial charge in [-0.15, -0.1) is 23.1 Å². The summed E-state index contributed by atoms with van der Waals surface area (Å²) < 4.78 is 9.36. The van der Waals surface area contributed by atoms with E-state index < -0.39 is 46.5 Å². The van der Waals surface area contributed by atoms with Gasteiger partial charge in [0.05, 0.1) is 35.7 Å². The topological polar surface area (TPSA) is 247 Å². The number of pyridine rings is 1. The molecule has 264 valence electrons. The lowest BCUT2D eigenvalue weighted by molar-refractivity contribution is -0.687. The van der Waals surface area contributed by atoms with E-state index in [0.717, 1.165) is 33.7 Å². The number of thioether (sulfide) groups is 1. The minimum absolute atomic E-state index is 0.0115. The van der Waals surface area contributed by atoms with Crippen molar-refractivity contribution in [1.82, 2.24) is 30.2 Å². The maximum absolute atomic E-state index is 13.4. The molecule has 1 saturated heterocycles. The number of carbonyl (C=O) groups is 4. The summed E-state index contributed by atoms with van der Waals surface area (Å²) in [6.45, 7) is 4.57. The number of carbonyl (C=O) groups excluding carboxylic acids is 3. The number of aliphatic imine (C=N–C) groups is 1. The minimum atomic E-state index is -1.78. The van der Waals surface area contributed by atoms with Crippen LogP contribution in [0.15, 0.2) is 68.1 Å². The van der Waals surface area contributed by atoms with Crippen molar-refractivity contribution >= 4 is 74.4 Å². The average molecular weight is 735 g/mol. The molecule has 7 heterocycles. The van der Waals surface area contributed by atoms with Gasteiger partial charge < -0.3 is 45.3 Å². The number of nitrogens with zero attached hydrogens (tertiary/aromatic N) is 7. The van der Waals surface area contributed by atoms with Gasteiger partial charge in [-0.05, 0) is 19.9 Å². The number of rotatable bonds is 12. The summed E-state index contributed by atoms with van der Waals surface area (Å²) in [6.07, 6.45) is 5.62. The molecule has 51 heavy (non-hydrogen) atoms. The van der Waals surface area contributed by atoms with E-state index >= 15 is 0 Å². The molecule has 3 aliphatic heterocycles. The maximum Gasteiger partial charge on any atom is 0.350 e. The molecule has 4 aromatic rings. The SMILES string of the molecule is CC(C)(O/N=C(\C(=O)N[C@@H]1C(=O)N2C(C(=O)[O-])=C(C[n+]3ccc4c(ccn4Cc4cc(C5=NCCN5)no4)c3)CS[C@H]12)c1csc(N)n1)C(=O)O. The number of β-lactam (4-membered cyclic amide) rings is 1. The quantitative estimate of drug-likeness (QED) is 0.0594. The summed E-state index contributed by atoms with van der Waals surface area (Å²) >= 11 is 2.30. The number of hydrogen-bond donors (Lipinski definition) is 4. The Labute approximate surface area is 296 Å². The molecule has 0 saturated carbocycles. The molecule has 0 spiro atoms. The number of oxime groups is 1. The summed E-state index contributed by atoms with van der Waals surface area (Å²) in [4.78, 5) is 65.3. The smallest absolute Gasteiger partial charge is 0.350 e.